The number of furan rings is 1. The highest BCUT2D eigenvalue weighted by molar-refractivity contribution is 6.24. The van der Waals surface area contributed by atoms with E-state index in [-0.39, 0.29) is 5.41 Å². The van der Waals surface area contributed by atoms with Gasteiger partial charge in [0, 0.05) is 54.6 Å². The van der Waals surface area contributed by atoms with Gasteiger partial charge in [-0.1, -0.05) is 105 Å². The largest absolute Gasteiger partial charge is 0.455 e. The SMILES string of the molecule is CC1(C)c2ccccc2-c2cc(-c3nc(-c4ccc(C#N)cc4)nc(-c4ccc5oc6c(ccc7c(-c8ccccc8)nc8ccccc8c76)c5c4)n3)ccc21. The van der Waals surface area contributed by atoms with Crippen molar-refractivity contribution in [1.82, 2.24) is 19.9 Å². The van der Waals surface area contributed by atoms with E-state index in [1.54, 1.807) is 12.1 Å². The Hall–Kier alpha value is -7.49. The molecule has 0 saturated carbocycles. The minimum Gasteiger partial charge on any atom is -0.455 e. The highest BCUT2D eigenvalue weighted by Crippen LogP contribution is 2.49. The molecule has 6 heteroatoms. The summed E-state index contributed by atoms with van der Waals surface area (Å²) < 4.78 is 6.74. The van der Waals surface area contributed by atoms with E-state index >= 15 is 0 Å². The van der Waals surface area contributed by atoms with Crippen LogP contribution in [0.25, 0.3) is 100 Å². The van der Waals surface area contributed by atoms with Gasteiger partial charge in [-0.2, -0.15) is 5.26 Å². The van der Waals surface area contributed by atoms with Crippen molar-refractivity contribution in [2.24, 2.45) is 0 Å². The van der Waals surface area contributed by atoms with Gasteiger partial charge in [0.15, 0.2) is 17.5 Å². The van der Waals surface area contributed by atoms with Crippen LogP contribution in [0, 0.1) is 11.3 Å². The second-order valence-electron chi connectivity index (χ2n) is 14.9. The minimum atomic E-state index is -0.109. The standard InChI is InChI=1S/C50H31N5O/c1-50(2)40-14-8-6-12-34(40)38-26-32(20-24-41(38)50)48-53-47(31-18-16-29(28-51)17-19-31)54-49(55-48)33-21-25-43-39(27-33)35-22-23-37-44(46(35)56-43)36-13-7-9-15-42(36)52-45(37)30-10-4-3-5-11-30/h3-27H,1-2H3. The summed E-state index contributed by atoms with van der Waals surface area (Å²) in [6, 6.07) is 53.8. The number of benzene rings is 7. The number of hydrogen-bond donors (Lipinski definition) is 0. The highest BCUT2D eigenvalue weighted by atomic mass is 16.3. The molecule has 3 heterocycles. The first kappa shape index (κ1) is 32.0. The van der Waals surface area contributed by atoms with Gasteiger partial charge in [-0.05, 0) is 82.9 Å². The number of pyridine rings is 1. The summed E-state index contributed by atoms with van der Waals surface area (Å²) in [5.41, 5.74) is 12.6. The molecule has 0 atom stereocenters. The van der Waals surface area contributed by atoms with Crippen LogP contribution in [0.2, 0.25) is 0 Å². The molecule has 0 saturated heterocycles. The van der Waals surface area contributed by atoms with E-state index in [2.05, 4.69) is 111 Å². The summed E-state index contributed by atoms with van der Waals surface area (Å²) in [6.45, 7) is 4.56. The molecule has 0 N–H and O–H groups in total. The minimum absolute atomic E-state index is 0.109. The number of hydrogen-bond acceptors (Lipinski definition) is 6. The van der Waals surface area contributed by atoms with Crippen LogP contribution < -0.4 is 0 Å². The van der Waals surface area contributed by atoms with Crippen molar-refractivity contribution in [2.75, 3.05) is 0 Å². The fourth-order valence-electron chi connectivity index (χ4n) is 8.54. The van der Waals surface area contributed by atoms with Crippen molar-refractivity contribution < 1.29 is 4.42 Å². The van der Waals surface area contributed by atoms with Gasteiger partial charge in [-0.15, -0.1) is 0 Å². The molecule has 3 aromatic heterocycles. The van der Waals surface area contributed by atoms with Crippen LogP contribution in [0.5, 0.6) is 0 Å². The Morgan fingerprint density at radius 1 is 0.500 bits per heavy atom. The van der Waals surface area contributed by atoms with E-state index in [4.69, 9.17) is 24.4 Å². The lowest BCUT2D eigenvalue weighted by molar-refractivity contribution is 0.660. The third-order valence-corrected chi connectivity index (χ3v) is 11.4. The van der Waals surface area contributed by atoms with E-state index < -0.39 is 0 Å². The third kappa shape index (κ3) is 4.81. The fraction of sp³-hybridized carbons (Fsp3) is 0.0600. The lowest BCUT2D eigenvalue weighted by atomic mass is 9.82. The fourth-order valence-corrected chi connectivity index (χ4v) is 8.54. The van der Waals surface area contributed by atoms with Crippen LogP contribution in [-0.4, -0.2) is 19.9 Å². The molecule has 11 rings (SSSR count). The van der Waals surface area contributed by atoms with Gasteiger partial charge in [-0.3, -0.25) is 0 Å². The number of para-hydroxylation sites is 1. The highest BCUT2D eigenvalue weighted by Gasteiger charge is 2.35. The molecular formula is C50H31N5O. The van der Waals surface area contributed by atoms with Crippen LogP contribution >= 0.6 is 0 Å². The Kier molecular flexibility index (Phi) is 6.86. The molecule has 10 aromatic rings. The second kappa shape index (κ2) is 12.0. The van der Waals surface area contributed by atoms with E-state index in [0.29, 0.717) is 23.0 Å². The Morgan fingerprint density at radius 2 is 1.14 bits per heavy atom. The van der Waals surface area contributed by atoms with E-state index in [1.807, 2.05) is 48.5 Å². The monoisotopic (exact) mass is 717 g/mol. The number of rotatable bonds is 4. The molecule has 7 aromatic carbocycles. The first-order valence-corrected chi connectivity index (χ1v) is 18.7. The molecular weight excluding hydrogens is 687 g/mol. The van der Waals surface area contributed by atoms with Gasteiger partial charge in [-0.25, -0.2) is 19.9 Å². The summed E-state index contributed by atoms with van der Waals surface area (Å²) in [6.07, 6.45) is 0. The normalized spacial score (nSPS) is 12.9. The number of fused-ring (bicyclic) bond motifs is 10. The third-order valence-electron chi connectivity index (χ3n) is 11.4. The Balaban J connectivity index is 1.11. The first-order chi connectivity index (χ1) is 27.4. The molecule has 0 bridgehead atoms. The van der Waals surface area contributed by atoms with Crippen molar-refractivity contribution in [3.05, 3.63) is 168 Å². The molecule has 0 radical (unpaired) electrons. The Labute approximate surface area is 322 Å². The van der Waals surface area contributed by atoms with Gasteiger partial charge in [0.25, 0.3) is 0 Å². The quantitative estimate of drug-likeness (QED) is 0.168. The van der Waals surface area contributed by atoms with Crippen molar-refractivity contribution in [3.8, 4) is 62.6 Å². The maximum atomic E-state index is 9.49. The molecule has 0 aliphatic heterocycles. The molecule has 6 nitrogen and oxygen atoms in total. The van der Waals surface area contributed by atoms with Gasteiger partial charge in [0.2, 0.25) is 0 Å². The van der Waals surface area contributed by atoms with Gasteiger partial charge < -0.3 is 4.42 Å². The van der Waals surface area contributed by atoms with E-state index in [1.165, 1.54) is 22.3 Å². The van der Waals surface area contributed by atoms with Crippen molar-refractivity contribution in [2.45, 2.75) is 19.3 Å². The van der Waals surface area contributed by atoms with Gasteiger partial charge in [0.05, 0.1) is 22.8 Å². The van der Waals surface area contributed by atoms with Crippen molar-refractivity contribution in [1.29, 1.82) is 5.26 Å². The maximum Gasteiger partial charge on any atom is 0.164 e. The summed E-state index contributed by atoms with van der Waals surface area (Å²) in [5.74, 6) is 1.66. The van der Waals surface area contributed by atoms with Crippen LogP contribution in [0.4, 0.5) is 0 Å². The van der Waals surface area contributed by atoms with E-state index in [9.17, 15) is 5.26 Å². The summed E-state index contributed by atoms with van der Waals surface area (Å²) in [5, 5.41) is 14.6. The van der Waals surface area contributed by atoms with Crippen LogP contribution in [0.15, 0.2) is 156 Å². The number of nitrogens with zero attached hydrogens (tertiary/aromatic N) is 5. The molecule has 0 amide bonds. The maximum absolute atomic E-state index is 9.49. The topological polar surface area (TPSA) is 88.5 Å². The van der Waals surface area contributed by atoms with E-state index in [0.717, 1.165) is 71.6 Å². The summed E-state index contributed by atoms with van der Waals surface area (Å²) >= 11 is 0. The van der Waals surface area contributed by atoms with Crippen LogP contribution in [0.3, 0.4) is 0 Å². The Morgan fingerprint density at radius 3 is 1.95 bits per heavy atom. The summed E-state index contributed by atoms with van der Waals surface area (Å²) in [4.78, 5) is 20.4. The Bertz CT molecular complexity index is 3280. The lowest BCUT2D eigenvalue weighted by Gasteiger charge is -2.21. The number of aromatic nitrogens is 4. The predicted molar refractivity (Wildman–Crippen MR) is 224 cm³/mol. The van der Waals surface area contributed by atoms with Crippen LogP contribution in [-0.2, 0) is 5.41 Å². The van der Waals surface area contributed by atoms with Crippen molar-refractivity contribution >= 4 is 43.6 Å². The zero-order valence-electron chi connectivity index (χ0n) is 30.6. The molecule has 0 spiro atoms. The number of nitriles is 1. The zero-order valence-corrected chi connectivity index (χ0v) is 30.6. The molecule has 0 unspecified atom stereocenters. The van der Waals surface area contributed by atoms with Crippen molar-refractivity contribution in [3.63, 3.8) is 0 Å². The molecule has 1 aliphatic carbocycles. The van der Waals surface area contributed by atoms with Crippen LogP contribution in [0.1, 0.15) is 30.5 Å². The second-order valence-corrected chi connectivity index (χ2v) is 14.9. The molecule has 56 heavy (non-hydrogen) atoms. The lowest BCUT2D eigenvalue weighted by Crippen LogP contribution is -2.14. The smallest absolute Gasteiger partial charge is 0.164 e. The summed E-state index contributed by atoms with van der Waals surface area (Å²) in [7, 11) is 0. The molecule has 1 aliphatic rings. The average Bonchev–Trinajstić information content (AvgIpc) is 3.74. The molecule has 0 fully saturated rings. The van der Waals surface area contributed by atoms with Gasteiger partial charge in [0.1, 0.15) is 11.2 Å². The molecule has 262 valence electrons. The average molecular weight is 718 g/mol. The predicted octanol–water partition coefficient (Wildman–Crippen LogP) is 12.3. The first-order valence-electron chi connectivity index (χ1n) is 18.7. The zero-order chi connectivity index (χ0) is 37.5. The van der Waals surface area contributed by atoms with Gasteiger partial charge >= 0.3 is 0 Å².